The Balaban J connectivity index is 2.73. The number of anilines is 2. The highest BCUT2D eigenvalue weighted by Gasteiger charge is 2.09. The van der Waals surface area contributed by atoms with Crippen molar-refractivity contribution in [1.82, 2.24) is 9.88 Å². The molecule has 7 nitrogen and oxygen atoms in total. The molecule has 1 rings (SSSR count). The number of nitrogen functional groups attached to an aromatic ring is 1. The molecule has 17 heavy (non-hydrogen) atoms. The highest BCUT2D eigenvalue weighted by Crippen LogP contribution is 2.15. The van der Waals surface area contributed by atoms with Crippen LogP contribution in [0.1, 0.15) is 10.4 Å². The molecule has 0 aromatic carbocycles. The SMILES string of the molecule is CN(C)C(=O)CNc1ncc(C(=O)O)cc1N. The van der Waals surface area contributed by atoms with E-state index in [-0.39, 0.29) is 23.7 Å². The predicted molar refractivity (Wildman–Crippen MR) is 62.8 cm³/mol. The molecular formula is C10H14N4O3. The van der Waals surface area contributed by atoms with Gasteiger partial charge in [0.2, 0.25) is 5.91 Å². The lowest BCUT2D eigenvalue weighted by Gasteiger charge is -2.12. The van der Waals surface area contributed by atoms with Gasteiger partial charge in [-0.3, -0.25) is 4.79 Å². The average Bonchev–Trinajstić information content (AvgIpc) is 2.26. The van der Waals surface area contributed by atoms with Crippen LogP contribution in [0.3, 0.4) is 0 Å². The molecule has 0 saturated carbocycles. The fourth-order valence-corrected chi connectivity index (χ4v) is 1.06. The lowest BCUT2D eigenvalue weighted by Crippen LogP contribution is -2.29. The maximum Gasteiger partial charge on any atom is 0.337 e. The third-order valence-corrected chi connectivity index (χ3v) is 2.07. The number of rotatable bonds is 4. The van der Waals surface area contributed by atoms with E-state index in [4.69, 9.17) is 10.8 Å². The first kappa shape index (κ1) is 12.8. The van der Waals surface area contributed by atoms with Crippen molar-refractivity contribution in [3.05, 3.63) is 17.8 Å². The largest absolute Gasteiger partial charge is 0.478 e. The zero-order chi connectivity index (χ0) is 13.0. The number of carbonyl (C=O) groups excluding carboxylic acids is 1. The van der Waals surface area contributed by atoms with Crippen molar-refractivity contribution in [1.29, 1.82) is 0 Å². The van der Waals surface area contributed by atoms with E-state index in [2.05, 4.69) is 10.3 Å². The van der Waals surface area contributed by atoms with Gasteiger partial charge in [0.15, 0.2) is 0 Å². The number of nitrogens with zero attached hydrogens (tertiary/aromatic N) is 2. The number of hydrogen-bond acceptors (Lipinski definition) is 5. The molecule has 0 fully saturated rings. The van der Waals surface area contributed by atoms with Gasteiger partial charge >= 0.3 is 5.97 Å². The van der Waals surface area contributed by atoms with Crippen LogP contribution in [0, 0.1) is 0 Å². The van der Waals surface area contributed by atoms with Gasteiger partial charge in [0.25, 0.3) is 0 Å². The fourth-order valence-electron chi connectivity index (χ4n) is 1.06. The molecule has 0 aliphatic rings. The van der Waals surface area contributed by atoms with Crippen molar-refractivity contribution in [2.45, 2.75) is 0 Å². The van der Waals surface area contributed by atoms with Crippen LogP contribution in [0.5, 0.6) is 0 Å². The molecule has 7 heteroatoms. The molecule has 0 unspecified atom stereocenters. The Hall–Kier alpha value is -2.31. The van der Waals surface area contributed by atoms with Crippen LogP contribution < -0.4 is 11.1 Å². The van der Waals surface area contributed by atoms with Crippen LogP contribution in [-0.2, 0) is 4.79 Å². The Bertz CT molecular complexity index is 445. The normalized spacial score (nSPS) is 9.76. The second-order valence-electron chi connectivity index (χ2n) is 3.61. The summed E-state index contributed by atoms with van der Waals surface area (Å²) in [6.45, 7) is 0.0522. The summed E-state index contributed by atoms with van der Waals surface area (Å²) in [7, 11) is 3.27. The third-order valence-electron chi connectivity index (χ3n) is 2.07. The van der Waals surface area contributed by atoms with Gasteiger partial charge in [0.05, 0.1) is 17.8 Å². The standard InChI is InChI=1S/C10H14N4O3/c1-14(2)8(15)5-13-9-7(11)3-6(4-12-9)10(16)17/h3-4H,5,11H2,1-2H3,(H,12,13)(H,16,17). The summed E-state index contributed by atoms with van der Waals surface area (Å²) in [5.41, 5.74) is 5.81. The number of hydrogen-bond donors (Lipinski definition) is 3. The molecule has 0 atom stereocenters. The van der Waals surface area contributed by atoms with Gasteiger partial charge in [-0.1, -0.05) is 0 Å². The minimum atomic E-state index is -1.10. The number of carboxylic acids is 1. The minimum absolute atomic E-state index is 0.00647. The quantitative estimate of drug-likeness (QED) is 0.673. The maximum absolute atomic E-state index is 11.3. The summed E-state index contributed by atoms with van der Waals surface area (Å²) < 4.78 is 0. The Morgan fingerprint density at radius 1 is 1.53 bits per heavy atom. The highest BCUT2D eigenvalue weighted by molar-refractivity contribution is 5.89. The van der Waals surface area contributed by atoms with Crippen LogP contribution in [0.15, 0.2) is 12.3 Å². The van der Waals surface area contributed by atoms with Crippen LogP contribution in [-0.4, -0.2) is 47.5 Å². The number of likely N-dealkylation sites (N-methyl/N-ethyl adjacent to an activating group) is 1. The molecule has 0 bridgehead atoms. The second kappa shape index (κ2) is 5.15. The smallest absolute Gasteiger partial charge is 0.337 e. The molecular weight excluding hydrogens is 224 g/mol. The van der Waals surface area contributed by atoms with Gasteiger partial charge in [-0.05, 0) is 6.07 Å². The first-order chi connectivity index (χ1) is 7.91. The number of pyridine rings is 1. The molecule has 1 aromatic rings. The van der Waals surface area contributed by atoms with Crippen molar-refractivity contribution in [2.75, 3.05) is 31.7 Å². The van der Waals surface area contributed by atoms with Gasteiger partial charge in [-0.15, -0.1) is 0 Å². The van der Waals surface area contributed by atoms with Gasteiger partial charge in [0, 0.05) is 20.3 Å². The van der Waals surface area contributed by atoms with E-state index in [1.165, 1.54) is 17.2 Å². The Morgan fingerprint density at radius 3 is 2.65 bits per heavy atom. The number of aromatic carboxylic acids is 1. The number of nitrogens with two attached hydrogens (primary N) is 1. The van der Waals surface area contributed by atoms with E-state index in [1.54, 1.807) is 14.1 Å². The molecule has 0 aliphatic carbocycles. The van der Waals surface area contributed by atoms with Crippen molar-refractivity contribution in [2.24, 2.45) is 0 Å². The van der Waals surface area contributed by atoms with Gasteiger partial charge in [-0.25, -0.2) is 9.78 Å². The molecule has 1 amide bonds. The molecule has 4 N–H and O–H groups in total. The summed E-state index contributed by atoms with van der Waals surface area (Å²) in [5.74, 6) is -0.932. The maximum atomic E-state index is 11.3. The Kier molecular flexibility index (Phi) is 3.86. The Morgan fingerprint density at radius 2 is 2.18 bits per heavy atom. The second-order valence-corrected chi connectivity index (χ2v) is 3.61. The highest BCUT2D eigenvalue weighted by atomic mass is 16.4. The van der Waals surface area contributed by atoms with E-state index in [0.717, 1.165) is 0 Å². The molecule has 1 aromatic heterocycles. The number of nitrogens with one attached hydrogen (secondary N) is 1. The average molecular weight is 238 g/mol. The third kappa shape index (κ3) is 3.33. The molecule has 0 spiro atoms. The first-order valence-corrected chi connectivity index (χ1v) is 4.84. The summed E-state index contributed by atoms with van der Waals surface area (Å²) in [6.07, 6.45) is 1.18. The van der Waals surface area contributed by atoms with Gasteiger partial charge < -0.3 is 21.1 Å². The van der Waals surface area contributed by atoms with Crippen molar-refractivity contribution in [3.8, 4) is 0 Å². The van der Waals surface area contributed by atoms with E-state index in [0.29, 0.717) is 5.82 Å². The van der Waals surface area contributed by atoms with Crippen LogP contribution >= 0.6 is 0 Å². The lowest BCUT2D eigenvalue weighted by atomic mass is 10.2. The molecule has 0 aliphatic heterocycles. The van der Waals surface area contributed by atoms with E-state index in [1.807, 2.05) is 0 Å². The molecule has 92 valence electrons. The van der Waals surface area contributed by atoms with Crippen molar-refractivity contribution >= 4 is 23.4 Å². The van der Waals surface area contributed by atoms with Crippen LogP contribution in [0.4, 0.5) is 11.5 Å². The van der Waals surface area contributed by atoms with Crippen LogP contribution in [0.2, 0.25) is 0 Å². The van der Waals surface area contributed by atoms with Gasteiger partial charge in [-0.2, -0.15) is 0 Å². The zero-order valence-corrected chi connectivity index (χ0v) is 9.60. The van der Waals surface area contributed by atoms with E-state index in [9.17, 15) is 9.59 Å². The summed E-state index contributed by atoms with van der Waals surface area (Å²) in [4.78, 5) is 27.2. The number of aromatic nitrogens is 1. The number of amides is 1. The first-order valence-electron chi connectivity index (χ1n) is 4.84. The summed E-state index contributed by atoms with van der Waals surface area (Å²) in [6, 6.07) is 1.29. The lowest BCUT2D eigenvalue weighted by molar-refractivity contribution is -0.126. The minimum Gasteiger partial charge on any atom is -0.478 e. The van der Waals surface area contributed by atoms with E-state index >= 15 is 0 Å². The van der Waals surface area contributed by atoms with Crippen LogP contribution in [0.25, 0.3) is 0 Å². The molecule has 1 heterocycles. The Labute approximate surface area is 98.2 Å². The number of carboxylic acid groups (broad SMARTS) is 1. The predicted octanol–water partition coefficient (Wildman–Crippen LogP) is -0.138. The monoisotopic (exact) mass is 238 g/mol. The summed E-state index contributed by atoms with van der Waals surface area (Å²) in [5, 5.41) is 11.5. The molecule has 0 radical (unpaired) electrons. The topological polar surface area (TPSA) is 109 Å². The van der Waals surface area contributed by atoms with Crippen molar-refractivity contribution in [3.63, 3.8) is 0 Å². The fraction of sp³-hybridized carbons (Fsp3) is 0.300. The number of carbonyl (C=O) groups is 2. The van der Waals surface area contributed by atoms with Gasteiger partial charge in [0.1, 0.15) is 5.82 Å². The zero-order valence-electron chi connectivity index (χ0n) is 9.60. The molecule has 0 saturated heterocycles. The van der Waals surface area contributed by atoms with Crippen molar-refractivity contribution < 1.29 is 14.7 Å². The summed E-state index contributed by atoms with van der Waals surface area (Å²) >= 11 is 0. The van der Waals surface area contributed by atoms with E-state index < -0.39 is 5.97 Å².